The van der Waals surface area contributed by atoms with Gasteiger partial charge in [-0.25, -0.2) is 0 Å². The summed E-state index contributed by atoms with van der Waals surface area (Å²) in [5.74, 6) is 1.13. The zero-order valence-electron chi connectivity index (χ0n) is 19.7. The Morgan fingerprint density at radius 3 is 2.03 bits per heavy atom. The maximum Gasteiger partial charge on any atom is 0.460 e. The van der Waals surface area contributed by atoms with Gasteiger partial charge in [0.25, 0.3) is 0 Å². The summed E-state index contributed by atoms with van der Waals surface area (Å²) in [4.78, 5) is 15.9. The van der Waals surface area contributed by atoms with Crippen molar-refractivity contribution in [2.45, 2.75) is 58.0 Å². The molecule has 170 valence electrons. The van der Waals surface area contributed by atoms with E-state index < -0.39 is 12.7 Å². The second-order valence-corrected chi connectivity index (χ2v) is 8.23. The largest absolute Gasteiger partial charge is 0.494 e. The number of unbranched alkanes of at least 4 members (excludes halogenated alkanes) is 2. The molecule has 0 atom stereocenters. The summed E-state index contributed by atoms with van der Waals surface area (Å²) in [7, 11) is 2.64. The van der Waals surface area contributed by atoms with Crippen LogP contribution in [0.4, 0.5) is 5.69 Å². The molecule has 0 N–H and O–H groups in total. The van der Waals surface area contributed by atoms with Crippen LogP contribution in [-0.2, 0) is 9.45 Å². The molecule has 1 aliphatic rings. The highest BCUT2D eigenvalue weighted by molar-refractivity contribution is 6.77. The number of anilines is 1. The Hall–Kier alpha value is -2.73. The molecule has 1 heterocycles. The summed E-state index contributed by atoms with van der Waals surface area (Å²) < 4.78 is 18.0. The molecule has 32 heavy (non-hydrogen) atoms. The minimum atomic E-state index is -0.861. The van der Waals surface area contributed by atoms with Gasteiger partial charge < -0.3 is 18.9 Å². The molecular weight excluding hydrogens is 401 g/mol. The molecular formula is C26H34BNO4. The van der Waals surface area contributed by atoms with E-state index in [2.05, 4.69) is 20.4 Å². The second-order valence-electron chi connectivity index (χ2n) is 8.23. The summed E-state index contributed by atoms with van der Waals surface area (Å²) in [6.07, 6.45) is 7.04. The van der Waals surface area contributed by atoms with Crippen LogP contribution >= 0.6 is 0 Å². The lowest BCUT2D eigenvalue weighted by Crippen LogP contribution is -2.47. The fourth-order valence-electron chi connectivity index (χ4n) is 4.33. The summed E-state index contributed by atoms with van der Waals surface area (Å²) in [6, 6.07) is 13.5. The van der Waals surface area contributed by atoms with Crippen LogP contribution in [0.2, 0.25) is 0 Å². The number of para-hydroxylation sites is 1. The van der Waals surface area contributed by atoms with E-state index in [1.165, 1.54) is 0 Å². The standard InChI is InChI=1S/C26H34BNO4/c1-6-9-18-26(19-10-7-2)25(29)28(24-22(30-4)12-11-13-23(24)31-5)27(32-26)21-16-14-20(8-3)15-17-21/h8,11-17H,3,6-7,9-10,18-19H2,1-2,4-5H3. The Morgan fingerprint density at radius 2 is 1.56 bits per heavy atom. The number of nitrogens with zero attached hydrogens (tertiary/aromatic N) is 1. The zero-order chi connectivity index (χ0) is 23.1. The van der Waals surface area contributed by atoms with Crippen molar-refractivity contribution in [1.29, 1.82) is 0 Å². The number of methoxy groups -OCH3 is 2. The van der Waals surface area contributed by atoms with Gasteiger partial charge in [-0.05, 0) is 36.0 Å². The van der Waals surface area contributed by atoms with Crippen molar-refractivity contribution < 1.29 is 18.9 Å². The van der Waals surface area contributed by atoms with Crippen LogP contribution < -0.4 is 19.7 Å². The summed E-state index contributed by atoms with van der Waals surface area (Å²) in [5, 5.41) is 0. The SMILES string of the molecule is C=Cc1ccc(B2OC(CCCC)(CCCC)C(=O)N2c2c(OC)cccc2OC)cc1. The number of benzene rings is 2. The smallest absolute Gasteiger partial charge is 0.460 e. The molecule has 2 aromatic rings. The third-order valence-electron chi connectivity index (χ3n) is 6.15. The molecule has 0 unspecified atom stereocenters. The molecule has 1 aliphatic heterocycles. The van der Waals surface area contributed by atoms with Crippen LogP contribution in [-0.4, -0.2) is 32.8 Å². The average molecular weight is 435 g/mol. The van der Waals surface area contributed by atoms with Crippen molar-refractivity contribution in [1.82, 2.24) is 0 Å². The van der Waals surface area contributed by atoms with Crippen LogP contribution in [0.25, 0.3) is 6.08 Å². The Labute approximate surface area is 192 Å². The molecule has 2 aromatic carbocycles. The number of carbonyl (C=O) groups excluding carboxylic acids is 1. The minimum Gasteiger partial charge on any atom is -0.494 e. The predicted octanol–water partition coefficient (Wildman–Crippen LogP) is 5.22. The van der Waals surface area contributed by atoms with E-state index in [0.717, 1.165) is 36.7 Å². The van der Waals surface area contributed by atoms with Crippen molar-refractivity contribution in [3.8, 4) is 11.5 Å². The van der Waals surface area contributed by atoms with Crippen molar-refractivity contribution in [3.63, 3.8) is 0 Å². The highest BCUT2D eigenvalue weighted by Crippen LogP contribution is 2.45. The normalized spacial score (nSPS) is 15.2. The lowest BCUT2D eigenvalue weighted by Gasteiger charge is -2.28. The summed E-state index contributed by atoms with van der Waals surface area (Å²) in [6.45, 7) is 8.12. The van der Waals surface area contributed by atoms with E-state index in [-0.39, 0.29) is 5.91 Å². The molecule has 6 heteroatoms. The lowest BCUT2D eigenvalue weighted by molar-refractivity contribution is -0.130. The molecule has 0 saturated carbocycles. The van der Waals surface area contributed by atoms with Gasteiger partial charge in [0.2, 0.25) is 5.91 Å². The van der Waals surface area contributed by atoms with Gasteiger partial charge >= 0.3 is 7.05 Å². The summed E-state index contributed by atoms with van der Waals surface area (Å²) in [5.41, 5.74) is 1.67. The maximum atomic E-state index is 14.2. The first-order valence-corrected chi connectivity index (χ1v) is 11.5. The number of rotatable bonds is 11. The maximum absolute atomic E-state index is 14.2. The molecule has 0 aliphatic carbocycles. The lowest BCUT2D eigenvalue weighted by atomic mass is 9.71. The van der Waals surface area contributed by atoms with Gasteiger partial charge in [-0.1, -0.05) is 82.5 Å². The predicted molar refractivity (Wildman–Crippen MR) is 132 cm³/mol. The van der Waals surface area contributed by atoms with Crippen LogP contribution in [0, 0.1) is 0 Å². The first-order valence-electron chi connectivity index (χ1n) is 11.5. The second kappa shape index (κ2) is 10.7. The topological polar surface area (TPSA) is 48.0 Å². The molecule has 1 saturated heterocycles. The average Bonchev–Trinajstić information content (AvgIpc) is 3.12. The summed E-state index contributed by atoms with van der Waals surface area (Å²) >= 11 is 0. The highest BCUT2D eigenvalue weighted by Gasteiger charge is 2.56. The van der Waals surface area contributed by atoms with Crippen molar-refractivity contribution in [3.05, 3.63) is 54.6 Å². The van der Waals surface area contributed by atoms with Crippen LogP contribution in [0.3, 0.4) is 0 Å². The number of amides is 1. The molecule has 0 bridgehead atoms. The van der Waals surface area contributed by atoms with Gasteiger partial charge in [0.15, 0.2) is 0 Å². The number of hydrogen-bond acceptors (Lipinski definition) is 4. The Kier molecular flexibility index (Phi) is 8.02. The molecule has 3 rings (SSSR count). The molecule has 0 radical (unpaired) electrons. The molecule has 1 amide bonds. The van der Waals surface area contributed by atoms with Gasteiger partial charge in [0.05, 0.1) is 14.2 Å². The van der Waals surface area contributed by atoms with Gasteiger partial charge in [0.1, 0.15) is 22.8 Å². The Bertz CT molecular complexity index is 898. The monoisotopic (exact) mass is 435 g/mol. The van der Waals surface area contributed by atoms with E-state index in [4.69, 9.17) is 14.1 Å². The molecule has 0 spiro atoms. The Morgan fingerprint density at radius 1 is 1.00 bits per heavy atom. The Balaban J connectivity index is 2.17. The quantitative estimate of drug-likeness (QED) is 0.454. The number of ether oxygens (including phenoxy) is 2. The van der Waals surface area contributed by atoms with Gasteiger partial charge in [-0.2, -0.15) is 0 Å². The van der Waals surface area contributed by atoms with E-state index in [1.54, 1.807) is 25.1 Å². The number of hydrogen-bond donors (Lipinski definition) is 0. The van der Waals surface area contributed by atoms with E-state index in [9.17, 15) is 4.79 Å². The molecule has 0 aromatic heterocycles. The fourth-order valence-corrected chi connectivity index (χ4v) is 4.33. The van der Waals surface area contributed by atoms with Crippen molar-refractivity contribution in [2.75, 3.05) is 19.0 Å². The van der Waals surface area contributed by atoms with Crippen molar-refractivity contribution >= 4 is 30.2 Å². The van der Waals surface area contributed by atoms with E-state index in [0.29, 0.717) is 30.0 Å². The van der Waals surface area contributed by atoms with Crippen LogP contribution in [0.5, 0.6) is 11.5 Å². The van der Waals surface area contributed by atoms with E-state index in [1.807, 2.05) is 42.5 Å². The third kappa shape index (κ3) is 4.56. The van der Waals surface area contributed by atoms with Gasteiger partial charge in [-0.15, -0.1) is 0 Å². The first kappa shape index (κ1) is 23.9. The van der Waals surface area contributed by atoms with Crippen molar-refractivity contribution in [2.24, 2.45) is 0 Å². The third-order valence-corrected chi connectivity index (χ3v) is 6.15. The first-order chi connectivity index (χ1) is 15.5. The van der Waals surface area contributed by atoms with E-state index >= 15 is 0 Å². The number of carbonyl (C=O) groups is 1. The van der Waals surface area contributed by atoms with Crippen LogP contribution in [0.1, 0.15) is 57.9 Å². The van der Waals surface area contributed by atoms with Gasteiger partial charge in [-0.3, -0.25) is 4.79 Å². The molecule has 5 nitrogen and oxygen atoms in total. The van der Waals surface area contributed by atoms with Gasteiger partial charge in [0, 0.05) is 0 Å². The molecule has 1 fully saturated rings. The highest BCUT2D eigenvalue weighted by atomic mass is 16.5. The minimum absolute atomic E-state index is 0.0278. The zero-order valence-corrected chi connectivity index (χ0v) is 19.7. The fraction of sp³-hybridized carbons (Fsp3) is 0.423. The van der Waals surface area contributed by atoms with Crippen LogP contribution in [0.15, 0.2) is 49.0 Å².